The van der Waals surface area contributed by atoms with Crippen molar-refractivity contribution in [2.75, 3.05) is 18.4 Å². The van der Waals surface area contributed by atoms with Crippen LogP contribution in [0.25, 0.3) is 0 Å². The highest BCUT2D eigenvalue weighted by Gasteiger charge is 2.20. The topological polar surface area (TPSA) is 91.4 Å². The molecule has 0 spiro atoms. The monoisotopic (exact) mass is 498 g/mol. The van der Waals surface area contributed by atoms with Crippen molar-refractivity contribution in [2.24, 2.45) is 5.92 Å². The lowest BCUT2D eigenvalue weighted by molar-refractivity contribution is 0.102. The number of anilines is 1. The van der Waals surface area contributed by atoms with E-state index >= 15 is 0 Å². The zero-order valence-electron chi connectivity index (χ0n) is 19.5. The summed E-state index contributed by atoms with van der Waals surface area (Å²) >= 11 is 1.38. The largest absolute Gasteiger partial charge is 0.298 e. The van der Waals surface area contributed by atoms with Crippen molar-refractivity contribution in [2.45, 2.75) is 44.7 Å². The first-order valence-corrected chi connectivity index (χ1v) is 13.8. The average Bonchev–Trinajstić information content (AvgIpc) is 3.26. The van der Waals surface area contributed by atoms with Gasteiger partial charge in [-0.15, -0.1) is 11.3 Å². The molecule has 1 saturated heterocycles. The van der Waals surface area contributed by atoms with Crippen LogP contribution in [0.15, 0.2) is 58.8 Å². The summed E-state index contributed by atoms with van der Waals surface area (Å²) in [6.45, 7) is 7.09. The summed E-state index contributed by atoms with van der Waals surface area (Å²) < 4.78 is 28.4. The summed E-state index contributed by atoms with van der Waals surface area (Å²) in [6, 6.07) is 14.0. The predicted molar refractivity (Wildman–Crippen MR) is 135 cm³/mol. The molecule has 1 aromatic heterocycles. The van der Waals surface area contributed by atoms with Gasteiger partial charge in [0, 0.05) is 24.0 Å². The normalized spacial score (nSPS) is 15.4. The maximum atomic E-state index is 12.9. The second-order valence-corrected chi connectivity index (χ2v) is 11.4. The molecule has 1 aliphatic heterocycles. The van der Waals surface area contributed by atoms with Gasteiger partial charge in [0.2, 0.25) is 10.0 Å². The molecule has 3 aromatic rings. The van der Waals surface area contributed by atoms with Crippen LogP contribution in [0.1, 0.15) is 46.9 Å². The van der Waals surface area contributed by atoms with E-state index in [-0.39, 0.29) is 22.9 Å². The number of carbonyl (C=O) groups is 1. The lowest BCUT2D eigenvalue weighted by Crippen LogP contribution is -2.32. The number of likely N-dealkylation sites (tertiary alicyclic amines) is 1. The second kappa shape index (κ2) is 10.8. The summed E-state index contributed by atoms with van der Waals surface area (Å²) in [4.78, 5) is 19.9. The molecular formula is C25H30N4O3S2. The van der Waals surface area contributed by atoms with Gasteiger partial charge in [-0.3, -0.25) is 15.0 Å². The number of nitrogens with one attached hydrogen (secondary N) is 2. The van der Waals surface area contributed by atoms with Crippen molar-refractivity contribution >= 4 is 32.4 Å². The smallest absolute Gasteiger partial charge is 0.257 e. The number of nitrogens with zero attached hydrogens (tertiary/aromatic N) is 2. The molecule has 0 radical (unpaired) electrons. The molecule has 1 aliphatic rings. The minimum Gasteiger partial charge on any atom is -0.298 e. The predicted octanol–water partition coefficient (Wildman–Crippen LogP) is 4.41. The van der Waals surface area contributed by atoms with Crippen LogP contribution >= 0.6 is 11.3 Å². The molecule has 180 valence electrons. The minimum atomic E-state index is -3.78. The molecule has 0 bridgehead atoms. The molecule has 2 N–H and O–H groups in total. The second-order valence-electron chi connectivity index (χ2n) is 8.85. The zero-order chi connectivity index (χ0) is 24.1. The fraction of sp³-hybridized carbons (Fsp3) is 0.360. The van der Waals surface area contributed by atoms with E-state index in [0.29, 0.717) is 10.7 Å². The van der Waals surface area contributed by atoms with Crippen LogP contribution in [-0.2, 0) is 23.1 Å². The molecule has 34 heavy (non-hydrogen) atoms. The van der Waals surface area contributed by atoms with E-state index in [0.717, 1.165) is 36.8 Å². The molecule has 1 amide bonds. The molecule has 2 heterocycles. The molecule has 9 heteroatoms. The highest BCUT2D eigenvalue weighted by molar-refractivity contribution is 7.89. The number of sulfonamides is 1. The van der Waals surface area contributed by atoms with Crippen molar-refractivity contribution in [1.29, 1.82) is 0 Å². The van der Waals surface area contributed by atoms with Crippen molar-refractivity contribution in [3.8, 4) is 0 Å². The van der Waals surface area contributed by atoms with E-state index in [2.05, 4.69) is 26.8 Å². The number of amides is 1. The van der Waals surface area contributed by atoms with Crippen molar-refractivity contribution in [3.05, 3.63) is 76.3 Å². The number of hydrogen-bond donors (Lipinski definition) is 2. The summed E-state index contributed by atoms with van der Waals surface area (Å²) in [5.41, 5.74) is 2.64. The number of carbonyl (C=O) groups excluding carboxylic acids is 1. The molecule has 4 rings (SSSR count). The molecule has 7 nitrogen and oxygen atoms in total. The van der Waals surface area contributed by atoms with Crippen LogP contribution in [0, 0.1) is 12.8 Å². The number of aromatic nitrogens is 1. The van der Waals surface area contributed by atoms with Gasteiger partial charge >= 0.3 is 0 Å². The van der Waals surface area contributed by atoms with E-state index < -0.39 is 10.0 Å². The quantitative estimate of drug-likeness (QED) is 0.480. The minimum absolute atomic E-state index is 0.0928. The Kier molecular flexibility index (Phi) is 7.77. The molecule has 0 saturated carbocycles. The van der Waals surface area contributed by atoms with Crippen LogP contribution in [0.4, 0.5) is 5.13 Å². The molecular weight excluding hydrogens is 468 g/mol. The first-order valence-electron chi connectivity index (χ1n) is 11.4. The summed E-state index contributed by atoms with van der Waals surface area (Å²) in [6.07, 6.45) is 2.40. The molecule has 0 unspecified atom stereocenters. The summed E-state index contributed by atoms with van der Waals surface area (Å²) in [5, 5.41) is 5.29. The number of thiazole rings is 1. The van der Waals surface area contributed by atoms with E-state index in [1.54, 1.807) is 19.1 Å². The van der Waals surface area contributed by atoms with Crippen LogP contribution in [0.2, 0.25) is 0 Å². The number of hydrogen-bond acceptors (Lipinski definition) is 6. The Morgan fingerprint density at radius 1 is 1.15 bits per heavy atom. The lowest BCUT2D eigenvalue weighted by Gasteiger charge is -2.29. The fourth-order valence-electron chi connectivity index (χ4n) is 3.94. The van der Waals surface area contributed by atoms with Gasteiger partial charge in [0.15, 0.2) is 5.13 Å². The first kappa shape index (κ1) is 24.5. The van der Waals surface area contributed by atoms with Crippen molar-refractivity contribution in [1.82, 2.24) is 14.6 Å². The molecule has 0 aliphatic carbocycles. The summed E-state index contributed by atoms with van der Waals surface area (Å²) in [7, 11) is -3.78. The number of rotatable bonds is 8. The number of benzene rings is 2. The Labute approximate surface area is 205 Å². The van der Waals surface area contributed by atoms with Gasteiger partial charge in [0.1, 0.15) is 0 Å². The highest BCUT2D eigenvalue weighted by atomic mass is 32.2. The van der Waals surface area contributed by atoms with Crippen LogP contribution in [0.5, 0.6) is 0 Å². The van der Waals surface area contributed by atoms with E-state index in [1.165, 1.54) is 30.2 Å². The number of piperidine rings is 1. The van der Waals surface area contributed by atoms with Gasteiger partial charge in [-0.1, -0.05) is 43.3 Å². The van der Waals surface area contributed by atoms with Crippen LogP contribution in [0.3, 0.4) is 0 Å². The van der Waals surface area contributed by atoms with Gasteiger partial charge in [-0.25, -0.2) is 18.1 Å². The van der Waals surface area contributed by atoms with Gasteiger partial charge in [0.05, 0.1) is 10.6 Å². The average molecular weight is 499 g/mol. The third-order valence-electron chi connectivity index (χ3n) is 6.08. The molecule has 1 fully saturated rings. The fourth-order valence-corrected chi connectivity index (χ4v) is 5.92. The van der Waals surface area contributed by atoms with Crippen LogP contribution < -0.4 is 10.0 Å². The SMILES string of the molecule is Cc1ccc(C(=O)Nc2nc(CN3CCC(C)CC3)cs2)cc1S(=O)(=O)NCc1ccccc1. The van der Waals surface area contributed by atoms with Crippen molar-refractivity contribution in [3.63, 3.8) is 0 Å². The highest BCUT2D eigenvalue weighted by Crippen LogP contribution is 2.23. The summed E-state index contributed by atoms with van der Waals surface area (Å²) in [5.74, 6) is 0.394. The standard InChI is InChI=1S/C25H30N4O3S2/c1-18-10-12-29(13-11-18)16-22-17-33-25(27-22)28-24(30)21-9-8-19(2)23(14-21)34(31,32)26-15-20-6-4-3-5-7-20/h3-9,14,17-18,26H,10-13,15-16H2,1-2H3,(H,27,28,30). The van der Waals surface area contributed by atoms with Crippen LogP contribution in [-0.4, -0.2) is 37.3 Å². The Morgan fingerprint density at radius 2 is 1.88 bits per heavy atom. The third-order valence-corrected chi connectivity index (χ3v) is 8.43. The first-order chi connectivity index (χ1) is 16.3. The van der Waals surface area contributed by atoms with Gasteiger partial charge in [-0.05, 0) is 62.0 Å². The molecule has 0 atom stereocenters. The van der Waals surface area contributed by atoms with E-state index in [4.69, 9.17) is 0 Å². The van der Waals surface area contributed by atoms with Gasteiger partial charge < -0.3 is 0 Å². The van der Waals surface area contributed by atoms with Gasteiger partial charge in [0.25, 0.3) is 5.91 Å². The Bertz CT molecular complexity index is 1230. The Balaban J connectivity index is 1.41. The maximum absolute atomic E-state index is 12.9. The number of aryl methyl sites for hydroxylation is 1. The zero-order valence-corrected chi connectivity index (χ0v) is 21.1. The Hall–Kier alpha value is -2.59. The van der Waals surface area contributed by atoms with E-state index in [1.807, 2.05) is 35.7 Å². The molecule has 2 aromatic carbocycles. The maximum Gasteiger partial charge on any atom is 0.257 e. The van der Waals surface area contributed by atoms with E-state index in [9.17, 15) is 13.2 Å². The van der Waals surface area contributed by atoms with Gasteiger partial charge in [-0.2, -0.15) is 0 Å². The van der Waals surface area contributed by atoms with Crippen molar-refractivity contribution < 1.29 is 13.2 Å². The third kappa shape index (κ3) is 6.29. The Morgan fingerprint density at radius 3 is 2.62 bits per heavy atom. The lowest BCUT2D eigenvalue weighted by atomic mass is 9.99.